The topological polar surface area (TPSA) is 9.23 Å². The van der Waals surface area contributed by atoms with Crippen molar-refractivity contribution in [3.05, 3.63) is 29.6 Å². The maximum Gasteiger partial charge on any atom is 0.165 e. The monoisotopic (exact) mass is 230 g/mol. The average molecular weight is 231 g/mol. The second kappa shape index (κ2) is 5.36. The van der Waals surface area contributed by atoms with E-state index in [4.69, 9.17) is 16.3 Å². The molecule has 2 unspecified atom stereocenters. The first-order valence-electron chi connectivity index (χ1n) is 5.07. The van der Waals surface area contributed by atoms with Gasteiger partial charge < -0.3 is 4.74 Å². The van der Waals surface area contributed by atoms with Crippen molar-refractivity contribution in [2.75, 3.05) is 7.11 Å². The van der Waals surface area contributed by atoms with Crippen molar-refractivity contribution in [2.24, 2.45) is 5.92 Å². The van der Waals surface area contributed by atoms with Crippen molar-refractivity contribution >= 4 is 11.6 Å². The molecule has 0 radical (unpaired) electrons. The van der Waals surface area contributed by atoms with Gasteiger partial charge >= 0.3 is 0 Å². The van der Waals surface area contributed by atoms with Crippen LogP contribution in [0.15, 0.2) is 18.2 Å². The zero-order valence-corrected chi connectivity index (χ0v) is 10.0. The number of ether oxygens (including phenoxy) is 1. The van der Waals surface area contributed by atoms with Gasteiger partial charge in [0.1, 0.15) is 0 Å². The minimum Gasteiger partial charge on any atom is -0.494 e. The van der Waals surface area contributed by atoms with Crippen molar-refractivity contribution in [1.82, 2.24) is 0 Å². The van der Waals surface area contributed by atoms with Crippen molar-refractivity contribution in [2.45, 2.75) is 25.6 Å². The van der Waals surface area contributed by atoms with Gasteiger partial charge in [-0.05, 0) is 23.6 Å². The van der Waals surface area contributed by atoms with Gasteiger partial charge in [-0.3, -0.25) is 0 Å². The Kier molecular flexibility index (Phi) is 4.40. The second-order valence-corrected chi connectivity index (χ2v) is 4.15. The van der Waals surface area contributed by atoms with E-state index in [1.54, 1.807) is 6.07 Å². The minimum absolute atomic E-state index is 0.143. The molecule has 0 fully saturated rings. The van der Waals surface area contributed by atoms with E-state index in [0.717, 1.165) is 12.0 Å². The molecule has 15 heavy (non-hydrogen) atoms. The molecule has 3 heteroatoms. The molecule has 0 N–H and O–H groups in total. The molecular weight excluding hydrogens is 215 g/mol. The van der Waals surface area contributed by atoms with Gasteiger partial charge in [-0.25, -0.2) is 4.39 Å². The fourth-order valence-electron chi connectivity index (χ4n) is 1.39. The summed E-state index contributed by atoms with van der Waals surface area (Å²) < 4.78 is 18.2. The zero-order valence-electron chi connectivity index (χ0n) is 9.26. The molecule has 0 aliphatic carbocycles. The quantitative estimate of drug-likeness (QED) is 0.706. The Morgan fingerprint density at radius 3 is 2.60 bits per heavy atom. The first-order chi connectivity index (χ1) is 7.10. The van der Waals surface area contributed by atoms with Gasteiger partial charge in [0.2, 0.25) is 0 Å². The number of rotatable bonds is 4. The van der Waals surface area contributed by atoms with E-state index in [9.17, 15) is 4.39 Å². The summed E-state index contributed by atoms with van der Waals surface area (Å²) in [6, 6.07) is 4.87. The smallest absolute Gasteiger partial charge is 0.165 e. The Hall–Kier alpha value is -0.760. The van der Waals surface area contributed by atoms with Crippen LogP contribution in [0.3, 0.4) is 0 Å². The first-order valence-corrected chi connectivity index (χ1v) is 5.51. The predicted molar refractivity (Wildman–Crippen MR) is 61.0 cm³/mol. The van der Waals surface area contributed by atoms with E-state index >= 15 is 0 Å². The molecule has 0 aromatic heterocycles. The largest absolute Gasteiger partial charge is 0.494 e. The summed E-state index contributed by atoms with van der Waals surface area (Å²) in [4.78, 5) is 0. The SMILES string of the molecule is CCC(C)C(Cl)c1ccc(OC)c(F)c1. The molecule has 1 aromatic rings. The van der Waals surface area contributed by atoms with Gasteiger partial charge in [-0.1, -0.05) is 26.3 Å². The van der Waals surface area contributed by atoms with Crippen LogP contribution in [-0.2, 0) is 0 Å². The van der Waals surface area contributed by atoms with Gasteiger partial charge in [0, 0.05) is 0 Å². The lowest BCUT2D eigenvalue weighted by Crippen LogP contribution is -2.03. The summed E-state index contributed by atoms with van der Waals surface area (Å²) in [5.74, 6) is 0.232. The zero-order chi connectivity index (χ0) is 11.4. The van der Waals surface area contributed by atoms with Crippen LogP contribution in [0.1, 0.15) is 31.2 Å². The lowest BCUT2D eigenvalue weighted by molar-refractivity contribution is 0.385. The van der Waals surface area contributed by atoms with E-state index in [1.807, 2.05) is 6.07 Å². The lowest BCUT2D eigenvalue weighted by atomic mass is 9.98. The Morgan fingerprint density at radius 1 is 1.47 bits per heavy atom. The lowest BCUT2D eigenvalue weighted by Gasteiger charge is -2.17. The predicted octanol–water partition coefficient (Wildman–Crippen LogP) is 4.16. The van der Waals surface area contributed by atoms with Crippen LogP contribution < -0.4 is 4.74 Å². The van der Waals surface area contributed by atoms with Crippen molar-refractivity contribution in [1.29, 1.82) is 0 Å². The first kappa shape index (κ1) is 12.3. The van der Waals surface area contributed by atoms with Gasteiger partial charge in [0.15, 0.2) is 11.6 Å². The van der Waals surface area contributed by atoms with Crippen LogP contribution in [0.25, 0.3) is 0 Å². The molecule has 0 amide bonds. The Bertz CT molecular complexity index is 327. The average Bonchev–Trinajstić information content (AvgIpc) is 2.26. The highest BCUT2D eigenvalue weighted by Crippen LogP contribution is 2.32. The molecule has 84 valence electrons. The minimum atomic E-state index is -0.357. The van der Waals surface area contributed by atoms with E-state index in [2.05, 4.69) is 13.8 Å². The van der Waals surface area contributed by atoms with Gasteiger partial charge in [0.25, 0.3) is 0 Å². The Morgan fingerprint density at radius 2 is 2.13 bits per heavy atom. The number of halogens is 2. The molecular formula is C12H16ClFO. The van der Waals surface area contributed by atoms with E-state index < -0.39 is 0 Å². The molecule has 0 bridgehead atoms. The van der Waals surface area contributed by atoms with Crippen LogP contribution in [-0.4, -0.2) is 7.11 Å². The fraction of sp³-hybridized carbons (Fsp3) is 0.500. The summed E-state index contributed by atoms with van der Waals surface area (Å²) in [7, 11) is 1.45. The maximum absolute atomic E-state index is 13.4. The van der Waals surface area contributed by atoms with Crippen LogP contribution in [0.5, 0.6) is 5.75 Å². The number of methoxy groups -OCH3 is 1. The highest BCUT2D eigenvalue weighted by molar-refractivity contribution is 6.21. The third-order valence-electron chi connectivity index (χ3n) is 2.64. The van der Waals surface area contributed by atoms with Crippen LogP contribution in [0.4, 0.5) is 4.39 Å². The molecule has 1 nitrogen and oxygen atoms in total. The summed E-state index contributed by atoms with van der Waals surface area (Å²) in [6.45, 7) is 4.12. The molecule has 0 heterocycles. The Balaban J connectivity index is 2.92. The second-order valence-electron chi connectivity index (χ2n) is 3.68. The van der Waals surface area contributed by atoms with E-state index in [1.165, 1.54) is 13.2 Å². The highest BCUT2D eigenvalue weighted by atomic mass is 35.5. The molecule has 0 saturated carbocycles. The summed E-state index contributed by atoms with van der Waals surface area (Å²) in [5, 5.41) is -0.143. The molecule has 0 spiro atoms. The van der Waals surface area contributed by atoms with Crippen LogP contribution >= 0.6 is 11.6 Å². The van der Waals surface area contributed by atoms with Crippen molar-refractivity contribution in [3.8, 4) is 5.75 Å². The standard InChI is InChI=1S/C12H16ClFO/c1-4-8(2)12(13)9-5-6-11(15-3)10(14)7-9/h5-8,12H,4H2,1-3H3. The third-order valence-corrected chi connectivity index (χ3v) is 3.32. The van der Waals surface area contributed by atoms with Gasteiger partial charge in [-0.15, -0.1) is 11.6 Å². The maximum atomic E-state index is 13.4. The van der Waals surface area contributed by atoms with Crippen LogP contribution in [0.2, 0.25) is 0 Å². The molecule has 0 aliphatic rings. The Labute approximate surface area is 95.2 Å². The number of hydrogen-bond acceptors (Lipinski definition) is 1. The number of alkyl halides is 1. The summed E-state index contributed by atoms with van der Waals surface area (Å²) in [6.07, 6.45) is 0.974. The highest BCUT2D eigenvalue weighted by Gasteiger charge is 2.16. The van der Waals surface area contributed by atoms with Crippen LogP contribution in [0, 0.1) is 11.7 Å². The molecule has 1 aromatic carbocycles. The fourth-order valence-corrected chi connectivity index (χ4v) is 1.70. The normalized spacial score (nSPS) is 14.7. The van der Waals surface area contributed by atoms with Crippen molar-refractivity contribution < 1.29 is 9.13 Å². The molecule has 1 rings (SSSR count). The van der Waals surface area contributed by atoms with Crippen molar-refractivity contribution in [3.63, 3.8) is 0 Å². The summed E-state index contributed by atoms with van der Waals surface area (Å²) in [5.41, 5.74) is 0.810. The van der Waals surface area contributed by atoms with Gasteiger partial charge in [-0.2, -0.15) is 0 Å². The third kappa shape index (κ3) is 2.85. The number of benzene rings is 1. The summed E-state index contributed by atoms with van der Waals surface area (Å²) >= 11 is 6.22. The van der Waals surface area contributed by atoms with Gasteiger partial charge in [0.05, 0.1) is 12.5 Å². The van der Waals surface area contributed by atoms with E-state index in [-0.39, 0.29) is 16.9 Å². The molecule has 0 saturated heterocycles. The van der Waals surface area contributed by atoms with E-state index in [0.29, 0.717) is 5.92 Å². The number of hydrogen-bond donors (Lipinski definition) is 0. The molecule has 0 aliphatic heterocycles. The molecule has 2 atom stereocenters.